The Morgan fingerprint density at radius 2 is 2.00 bits per heavy atom. The number of Topliss-reactive ketones (excluding diaryl/α,β-unsaturated/α-hetero) is 1. The van der Waals surface area contributed by atoms with Gasteiger partial charge in [-0.05, 0) is 25.7 Å². The molecule has 3 nitrogen and oxygen atoms in total. The highest BCUT2D eigenvalue weighted by Gasteiger charge is 2.33. The summed E-state index contributed by atoms with van der Waals surface area (Å²) in [6, 6.07) is 3.03. The van der Waals surface area contributed by atoms with Crippen molar-refractivity contribution in [3.05, 3.63) is 0 Å². The van der Waals surface area contributed by atoms with Crippen molar-refractivity contribution in [2.45, 2.75) is 50.6 Å². The zero-order valence-corrected chi connectivity index (χ0v) is 8.33. The van der Waals surface area contributed by atoms with Crippen LogP contribution in [0.25, 0.3) is 0 Å². The lowest BCUT2D eigenvalue weighted by Gasteiger charge is -2.39. The van der Waals surface area contributed by atoms with Crippen molar-refractivity contribution < 1.29 is 4.79 Å². The van der Waals surface area contributed by atoms with Crippen LogP contribution in [0.2, 0.25) is 0 Å². The van der Waals surface area contributed by atoms with Gasteiger partial charge in [-0.2, -0.15) is 5.26 Å². The van der Waals surface area contributed by atoms with Gasteiger partial charge in [-0.1, -0.05) is 6.42 Å². The van der Waals surface area contributed by atoms with E-state index >= 15 is 0 Å². The summed E-state index contributed by atoms with van der Waals surface area (Å²) in [6.07, 6.45) is 5.71. The Morgan fingerprint density at radius 3 is 2.57 bits per heavy atom. The van der Waals surface area contributed by atoms with Crippen molar-refractivity contribution in [1.82, 2.24) is 5.32 Å². The quantitative estimate of drug-likeness (QED) is 0.719. The fourth-order valence-corrected chi connectivity index (χ4v) is 2.75. The van der Waals surface area contributed by atoms with Gasteiger partial charge >= 0.3 is 0 Å². The predicted octanol–water partition coefficient (Wildman–Crippen LogP) is 1.39. The fraction of sp³-hybridized carbons (Fsp3) is 0.818. The third-order valence-electron chi connectivity index (χ3n) is 3.42. The van der Waals surface area contributed by atoms with E-state index in [0.29, 0.717) is 12.1 Å². The molecule has 2 aliphatic rings. The third kappa shape index (κ3) is 1.96. The summed E-state index contributed by atoms with van der Waals surface area (Å²) in [5, 5.41) is 12.0. The molecule has 2 heterocycles. The summed E-state index contributed by atoms with van der Waals surface area (Å²) in [7, 11) is 0. The van der Waals surface area contributed by atoms with E-state index in [-0.39, 0.29) is 18.1 Å². The highest BCUT2D eigenvalue weighted by Crippen LogP contribution is 2.30. The number of nitriles is 1. The lowest BCUT2D eigenvalue weighted by atomic mass is 9.78. The van der Waals surface area contributed by atoms with Gasteiger partial charge in [0.15, 0.2) is 0 Å². The maximum absolute atomic E-state index is 11.6. The number of carbonyl (C=O) groups is 1. The molecule has 1 N–H and O–H groups in total. The monoisotopic (exact) mass is 192 g/mol. The van der Waals surface area contributed by atoms with Crippen molar-refractivity contribution in [3.8, 4) is 6.07 Å². The Hall–Kier alpha value is -0.880. The molecule has 2 fully saturated rings. The van der Waals surface area contributed by atoms with E-state index in [9.17, 15) is 4.79 Å². The molecule has 2 atom stereocenters. The van der Waals surface area contributed by atoms with E-state index in [0.717, 1.165) is 12.8 Å². The lowest BCUT2D eigenvalue weighted by Crippen LogP contribution is -2.49. The third-order valence-corrected chi connectivity index (χ3v) is 3.42. The van der Waals surface area contributed by atoms with Crippen molar-refractivity contribution in [1.29, 1.82) is 5.26 Å². The molecule has 0 spiro atoms. The molecular formula is C11H16N2O. The molecule has 3 heteroatoms. The molecule has 0 amide bonds. The minimum atomic E-state index is 0.101. The second kappa shape index (κ2) is 4.10. The Labute approximate surface area is 84.5 Å². The Bertz CT molecular complexity index is 257. The first kappa shape index (κ1) is 9.67. The molecule has 0 radical (unpaired) electrons. The van der Waals surface area contributed by atoms with Crippen molar-refractivity contribution in [3.63, 3.8) is 0 Å². The smallest absolute Gasteiger partial charge is 0.150 e. The number of hydrogen-bond donors (Lipinski definition) is 1. The van der Waals surface area contributed by atoms with Crippen molar-refractivity contribution >= 4 is 5.78 Å². The maximum atomic E-state index is 11.6. The van der Waals surface area contributed by atoms with E-state index < -0.39 is 0 Å². The topological polar surface area (TPSA) is 52.9 Å². The van der Waals surface area contributed by atoms with E-state index in [1.165, 1.54) is 19.3 Å². The Morgan fingerprint density at radius 1 is 1.36 bits per heavy atom. The zero-order chi connectivity index (χ0) is 9.97. The van der Waals surface area contributed by atoms with Gasteiger partial charge in [-0.25, -0.2) is 0 Å². The largest absolute Gasteiger partial charge is 0.311 e. The van der Waals surface area contributed by atoms with Crippen LogP contribution in [0.15, 0.2) is 0 Å². The number of fused-ring (bicyclic) bond motifs is 2. The van der Waals surface area contributed by atoms with Crippen LogP contribution in [-0.2, 0) is 4.79 Å². The zero-order valence-electron chi connectivity index (χ0n) is 8.33. The first-order valence-electron chi connectivity index (χ1n) is 5.45. The second-order valence-electron chi connectivity index (χ2n) is 4.46. The van der Waals surface area contributed by atoms with E-state index in [1.807, 2.05) is 6.07 Å². The van der Waals surface area contributed by atoms with Crippen LogP contribution in [0.3, 0.4) is 0 Å². The van der Waals surface area contributed by atoms with Crippen LogP contribution in [0.5, 0.6) is 0 Å². The van der Waals surface area contributed by atoms with Crippen LogP contribution in [-0.4, -0.2) is 17.9 Å². The molecule has 0 aromatic heterocycles. The van der Waals surface area contributed by atoms with Gasteiger partial charge < -0.3 is 5.32 Å². The minimum absolute atomic E-state index is 0.101. The Kier molecular flexibility index (Phi) is 2.83. The molecular weight excluding hydrogens is 176 g/mol. The molecule has 2 saturated heterocycles. The van der Waals surface area contributed by atoms with E-state index in [1.54, 1.807) is 0 Å². The number of carbonyl (C=O) groups excluding carboxylic acids is 1. The van der Waals surface area contributed by atoms with Gasteiger partial charge in [0.25, 0.3) is 0 Å². The predicted molar refractivity (Wildman–Crippen MR) is 52.5 cm³/mol. The normalized spacial score (nSPS) is 36.1. The SMILES string of the molecule is N#CCC(=O)C1CC2CCCC(C1)N2. The van der Waals surface area contributed by atoms with Gasteiger partial charge in [0.1, 0.15) is 5.78 Å². The first-order valence-corrected chi connectivity index (χ1v) is 5.45. The maximum Gasteiger partial charge on any atom is 0.150 e. The van der Waals surface area contributed by atoms with Gasteiger partial charge in [0, 0.05) is 18.0 Å². The Balaban J connectivity index is 1.95. The molecule has 76 valence electrons. The summed E-state index contributed by atoms with van der Waals surface area (Å²) in [6.45, 7) is 0. The van der Waals surface area contributed by atoms with Gasteiger partial charge in [0.2, 0.25) is 0 Å². The number of rotatable bonds is 2. The number of ketones is 1. The number of nitrogens with zero attached hydrogens (tertiary/aromatic N) is 1. The van der Waals surface area contributed by atoms with Gasteiger partial charge in [-0.15, -0.1) is 0 Å². The molecule has 2 aliphatic heterocycles. The second-order valence-corrected chi connectivity index (χ2v) is 4.46. The number of nitrogens with one attached hydrogen (secondary N) is 1. The number of piperidine rings is 2. The van der Waals surface area contributed by atoms with E-state index in [4.69, 9.17) is 5.26 Å². The molecule has 2 rings (SSSR count). The molecule has 0 saturated carbocycles. The molecule has 0 aromatic carbocycles. The van der Waals surface area contributed by atoms with Crippen LogP contribution in [0.1, 0.15) is 38.5 Å². The van der Waals surface area contributed by atoms with Gasteiger partial charge in [0.05, 0.1) is 12.5 Å². The fourth-order valence-electron chi connectivity index (χ4n) is 2.75. The van der Waals surface area contributed by atoms with Crippen molar-refractivity contribution in [2.24, 2.45) is 5.92 Å². The first-order chi connectivity index (χ1) is 6.79. The van der Waals surface area contributed by atoms with Gasteiger partial charge in [-0.3, -0.25) is 4.79 Å². The summed E-state index contributed by atoms with van der Waals surface area (Å²) in [4.78, 5) is 11.6. The summed E-state index contributed by atoms with van der Waals surface area (Å²) >= 11 is 0. The highest BCUT2D eigenvalue weighted by molar-refractivity contribution is 5.83. The summed E-state index contributed by atoms with van der Waals surface area (Å²) in [5.74, 6) is 0.317. The molecule has 2 unspecified atom stereocenters. The molecule has 2 bridgehead atoms. The lowest BCUT2D eigenvalue weighted by molar-refractivity contribution is -0.123. The van der Waals surface area contributed by atoms with E-state index in [2.05, 4.69) is 5.32 Å². The average molecular weight is 192 g/mol. The van der Waals surface area contributed by atoms with Crippen LogP contribution < -0.4 is 5.32 Å². The molecule has 14 heavy (non-hydrogen) atoms. The number of hydrogen-bond acceptors (Lipinski definition) is 3. The standard InChI is InChI=1S/C11H16N2O/c12-5-4-11(14)8-6-9-2-1-3-10(7-8)13-9/h8-10,13H,1-4,6-7H2. The molecule has 0 aromatic rings. The van der Waals surface area contributed by atoms with Crippen molar-refractivity contribution in [2.75, 3.05) is 0 Å². The molecule has 0 aliphatic carbocycles. The minimum Gasteiger partial charge on any atom is -0.311 e. The van der Waals surface area contributed by atoms with Crippen LogP contribution in [0, 0.1) is 17.2 Å². The highest BCUT2D eigenvalue weighted by atomic mass is 16.1. The van der Waals surface area contributed by atoms with Crippen LogP contribution in [0.4, 0.5) is 0 Å². The average Bonchev–Trinajstić information content (AvgIpc) is 2.17. The van der Waals surface area contributed by atoms with Crippen LogP contribution >= 0.6 is 0 Å². The summed E-state index contributed by atoms with van der Waals surface area (Å²) in [5.41, 5.74) is 0. The summed E-state index contributed by atoms with van der Waals surface area (Å²) < 4.78 is 0.